The molecule has 1 aliphatic heterocycles. The molecule has 1 unspecified atom stereocenters. The number of hydrogen-bond donors (Lipinski definition) is 2. The van der Waals surface area contributed by atoms with Crippen LogP contribution in [0.25, 0.3) is 0 Å². The predicted octanol–water partition coefficient (Wildman–Crippen LogP) is 2.44. The summed E-state index contributed by atoms with van der Waals surface area (Å²) in [5.74, 6) is -0.292. The number of nitrogens with zero attached hydrogens (tertiary/aromatic N) is 3. The molecule has 1 aromatic rings. The van der Waals surface area contributed by atoms with Gasteiger partial charge in [0.15, 0.2) is 0 Å². The van der Waals surface area contributed by atoms with Crippen LogP contribution in [0.5, 0.6) is 0 Å². The van der Waals surface area contributed by atoms with Gasteiger partial charge in [0.1, 0.15) is 17.2 Å². The summed E-state index contributed by atoms with van der Waals surface area (Å²) in [5.41, 5.74) is 1.72. The SMILES string of the molecule is C=C(/C=C(Cl)\N=C\c1cc(C(=O)NC)ncn1)COC[C@@H]1CC(C)(CC)N1. The minimum Gasteiger partial charge on any atom is -0.375 e. The molecule has 8 heteroatoms. The lowest BCUT2D eigenvalue weighted by atomic mass is 9.81. The Hall–Kier alpha value is -2.09. The first-order chi connectivity index (χ1) is 12.8. The molecule has 0 radical (unpaired) electrons. The van der Waals surface area contributed by atoms with Crippen LogP contribution in [0.15, 0.2) is 40.8 Å². The third kappa shape index (κ3) is 6.53. The van der Waals surface area contributed by atoms with E-state index >= 15 is 0 Å². The summed E-state index contributed by atoms with van der Waals surface area (Å²) in [6.07, 6.45) is 6.64. The molecule has 7 nitrogen and oxygen atoms in total. The third-order valence-electron chi connectivity index (χ3n) is 4.43. The minimum atomic E-state index is -0.292. The molecule has 2 N–H and O–H groups in total. The zero-order valence-corrected chi connectivity index (χ0v) is 16.7. The fraction of sp³-hybridized carbons (Fsp3) is 0.474. The molecular weight excluding hydrogens is 366 g/mol. The molecule has 2 atom stereocenters. The lowest BCUT2D eigenvalue weighted by Gasteiger charge is -2.46. The number of carbonyl (C=O) groups is 1. The van der Waals surface area contributed by atoms with E-state index in [0.29, 0.717) is 24.9 Å². The summed E-state index contributed by atoms with van der Waals surface area (Å²) in [4.78, 5) is 23.6. The largest absolute Gasteiger partial charge is 0.375 e. The Morgan fingerprint density at radius 3 is 3.00 bits per heavy atom. The molecule has 0 aromatic carbocycles. The highest BCUT2D eigenvalue weighted by Gasteiger charge is 2.37. The van der Waals surface area contributed by atoms with Crippen LogP contribution in [0.1, 0.15) is 42.9 Å². The van der Waals surface area contributed by atoms with Gasteiger partial charge in [0.05, 0.1) is 25.1 Å². The Morgan fingerprint density at radius 2 is 2.33 bits per heavy atom. The van der Waals surface area contributed by atoms with Gasteiger partial charge in [0, 0.05) is 18.6 Å². The highest BCUT2D eigenvalue weighted by Crippen LogP contribution is 2.27. The fourth-order valence-electron chi connectivity index (χ4n) is 2.77. The van der Waals surface area contributed by atoms with Gasteiger partial charge >= 0.3 is 0 Å². The van der Waals surface area contributed by atoms with Crippen molar-refractivity contribution in [2.24, 2.45) is 4.99 Å². The van der Waals surface area contributed by atoms with Gasteiger partial charge in [-0.15, -0.1) is 0 Å². The Labute approximate surface area is 165 Å². The van der Waals surface area contributed by atoms with E-state index in [1.807, 2.05) is 0 Å². The highest BCUT2D eigenvalue weighted by atomic mass is 35.5. The average molecular weight is 392 g/mol. The summed E-state index contributed by atoms with van der Waals surface area (Å²) in [6.45, 7) is 9.36. The maximum atomic E-state index is 11.6. The van der Waals surface area contributed by atoms with Crippen molar-refractivity contribution < 1.29 is 9.53 Å². The van der Waals surface area contributed by atoms with Crippen LogP contribution in [0.2, 0.25) is 0 Å². The van der Waals surface area contributed by atoms with Gasteiger partial charge in [-0.05, 0) is 37.5 Å². The van der Waals surface area contributed by atoms with Crippen molar-refractivity contribution in [1.82, 2.24) is 20.6 Å². The number of ether oxygens (including phenoxy) is 1. The van der Waals surface area contributed by atoms with E-state index in [4.69, 9.17) is 16.3 Å². The molecular formula is C19H26ClN5O2. The van der Waals surface area contributed by atoms with Crippen LogP contribution in [0.3, 0.4) is 0 Å². The molecule has 2 heterocycles. The molecule has 1 amide bonds. The van der Waals surface area contributed by atoms with Crippen molar-refractivity contribution in [1.29, 1.82) is 0 Å². The van der Waals surface area contributed by atoms with E-state index in [1.165, 1.54) is 25.7 Å². The summed E-state index contributed by atoms with van der Waals surface area (Å²) in [7, 11) is 1.54. The second-order valence-corrected chi connectivity index (χ2v) is 7.15. The second kappa shape index (κ2) is 9.73. The van der Waals surface area contributed by atoms with Gasteiger partial charge in [-0.1, -0.05) is 25.1 Å². The van der Waals surface area contributed by atoms with E-state index < -0.39 is 0 Å². The number of hydrogen-bond acceptors (Lipinski definition) is 6. The molecule has 0 spiro atoms. The zero-order chi connectivity index (χ0) is 19.9. The van der Waals surface area contributed by atoms with Crippen molar-refractivity contribution in [3.05, 3.63) is 47.2 Å². The van der Waals surface area contributed by atoms with Gasteiger partial charge < -0.3 is 15.4 Å². The number of nitrogens with one attached hydrogen (secondary N) is 2. The topological polar surface area (TPSA) is 88.5 Å². The van der Waals surface area contributed by atoms with Crippen LogP contribution < -0.4 is 10.6 Å². The first-order valence-electron chi connectivity index (χ1n) is 8.84. The molecule has 0 saturated carbocycles. The van der Waals surface area contributed by atoms with Crippen LogP contribution >= 0.6 is 11.6 Å². The van der Waals surface area contributed by atoms with Crippen LogP contribution in [-0.2, 0) is 4.74 Å². The van der Waals surface area contributed by atoms with E-state index in [1.54, 1.807) is 6.08 Å². The van der Waals surface area contributed by atoms with Crippen molar-refractivity contribution in [2.45, 2.75) is 38.3 Å². The van der Waals surface area contributed by atoms with Gasteiger partial charge in [-0.3, -0.25) is 4.79 Å². The van der Waals surface area contributed by atoms with E-state index in [-0.39, 0.29) is 22.3 Å². The van der Waals surface area contributed by atoms with E-state index in [9.17, 15) is 4.79 Å². The number of rotatable bonds is 9. The number of halogens is 1. The monoisotopic (exact) mass is 391 g/mol. The first kappa shape index (κ1) is 21.2. The van der Waals surface area contributed by atoms with Crippen LogP contribution in [0, 0.1) is 0 Å². The molecule has 27 heavy (non-hydrogen) atoms. The number of carbonyl (C=O) groups excluding carboxylic acids is 1. The number of aromatic nitrogens is 2. The van der Waals surface area contributed by atoms with Gasteiger partial charge in [0.25, 0.3) is 5.91 Å². The van der Waals surface area contributed by atoms with Crippen molar-refractivity contribution >= 4 is 23.7 Å². The zero-order valence-electron chi connectivity index (χ0n) is 16.0. The second-order valence-electron chi connectivity index (χ2n) is 6.77. The number of amides is 1. The maximum Gasteiger partial charge on any atom is 0.269 e. The van der Waals surface area contributed by atoms with Crippen molar-refractivity contribution in [3.63, 3.8) is 0 Å². The average Bonchev–Trinajstić information content (AvgIpc) is 2.64. The molecule has 0 aliphatic carbocycles. The maximum absolute atomic E-state index is 11.6. The lowest BCUT2D eigenvalue weighted by molar-refractivity contribution is 0.0534. The van der Waals surface area contributed by atoms with Crippen molar-refractivity contribution in [3.8, 4) is 0 Å². The Balaban J connectivity index is 1.78. The summed E-state index contributed by atoms with van der Waals surface area (Å²) < 4.78 is 5.67. The molecule has 2 rings (SSSR count). The molecule has 0 bridgehead atoms. The van der Waals surface area contributed by atoms with Gasteiger partial charge in [-0.25, -0.2) is 15.0 Å². The van der Waals surface area contributed by atoms with Crippen LogP contribution in [-0.4, -0.2) is 53.9 Å². The summed E-state index contributed by atoms with van der Waals surface area (Å²) in [5, 5.41) is 6.27. The third-order valence-corrected chi connectivity index (χ3v) is 4.63. The van der Waals surface area contributed by atoms with E-state index in [0.717, 1.165) is 18.4 Å². The van der Waals surface area contributed by atoms with Gasteiger partial charge in [0.2, 0.25) is 0 Å². The van der Waals surface area contributed by atoms with E-state index in [2.05, 4.69) is 46.0 Å². The van der Waals surface area contributed by atoms with Crippen LogP contribution in [0.4, 0.5) is 0 Å². The number of aliphatic imine (C=N–C) groups is 1. The highest BCUT2D eigenvalue weighted by molar-refractivity contribution is 6.30. The molecule has 1 aromatic heterocycles. The first-order valence-corrected chi connectivity index (χ1v) is 9.21. The summed E-state index contributed by atoms with van der Waals surface area (Å²) >= 11 is 6.10. The normalized spacial score (nSPS) is 22.5. The molecule has 1 fully saturated rings. The molecule has 146 valence electrons. The standard InChI is InChI=1S/C19H26ClN5O2/c1-5-19(3)8-15(25-19)11-27-10-13(2)6-17(20)22-9-14-7-16(18(26)21-4)24-12-23-14/h6-7,9,12,15,25H,2,5,8,10-11H2,1,3-4H3,(H,21,26)/b17-6-,22-9+/t15-,19?/m0/s1. The predicted molar refractivity (Wildman–Crippen MR) is 107 cm³/mol. The van der Waals surface area contributed by atoms with Gasteiger partial charge in [-0.2, -0.15) is 0 Å². The molecule has 1 saturated heterocycles. The fourth-order valence-corrected chi connectivity index (χ4v) is 2.97. The smallest absolute Gasteiger partial charge is 0.269 e. The summed E-state index contributed by atoms with van der Waals surface area (Å²) in [6, 6.07) is 1.92. The Kier molecular flexibility index (Phi) is 7.65. The Bertz CT molecular complexity index is 741. The molecule has 1 aliphatic rings. The quantitative estimate of drug-likeness (QED) is 0.383. The lowest BCUT2D eigenvalue weighted by Crippen LogP contribution is -2.62. The Morgan fingerprint density at radius 1 is 1.59 bits per heavy atom. The minimum absolute atomic E-state index is 0.252. The van der Waals surface area contributed by atoms with Crippen molar-refractivity contribution in [2.75, 3.05) is 20.3 Å².